The first-order valence-corrected chi connectivity index (χ1v) is 8.47. The van der Waals surface area contributed by atoms with E-state index in [0.717, 1.165) is 15.8 Å². The number of benzene rings is 2. The van der Waals surface area contributed by atoms with Crippen molar-refractivity contribution in [3.05, 3.63) is 69.2 Å². The van der Waals surface area contributed by atoms with Gasteiger partial charge in [0.2, 0.25) is 0 Å². The molecule has 0 fully saturated rings. The number of fused-ring (bicyclic) bond motifs is 1. The van der Waals surface area contributed by atoms with Crippen molar-refractivity contribution in [2.75, 3.05) is 7.11 Å². The molecule has 2 aromatic carbocycles. The van der Waals surface area contributed by atoms with Crippen LogP contribution in [0.25, 0.3) is 10.9 Å². The van der Waals surface area contributed by atoms with Gasteiger partial charge in [-0.15, -0.1) is 0 Å². The predicted octanol–water partition coefficient (Wildman–Crippen LogP) is 2.32. The van der Waals surface area contributed by atoms with Crippen LogP contribution in [-0.2, 0) is 11.3 Å². The first-order valence-electron chi connectivity index (χ1n) is 7.67. The van der Waals surface area contributed by atoms with E-state index in [1.807, 2.05) is 12.1 Å². The summed E-state index contributed by atoms with van der Waals surface area (Å²) in [5, 5.41) is 4.33. The van der Waals surface area contributed by atoms with Crippen LogP contribution in [0.3, 0.4) is 0 Å². The SMILES string of the molecule is COc1ccc(/C=N/NC(=O)Cn2cnc3ccc(Br)cc3c2=O)cc1. The first kappa shape index (κ1) is 17.8. The lowest BCUT2D eigenvalue weighted by Gasteiger charge is -2.06. The van der Waals surface area contributed by atoms with Gasteiger partial charge in [-0.2, -0.15) is 5.10 Å². The summed E-state index contributed by atoms with van der Waals surface area (Å²) in [6.07, 6.45) is 2.86. The van der Waals surface area contributed by atoms with Crippen molar-refractivity contribution in [3.8, 4) is 5.75 Å². The Bertz CT molecular complexity index is 1030. The number of hydrogen-bond acceptors (Lipinski definition) is 5. The average Bonchev–Trinajstić information content (AvgIpc) is 2.65. The third kappa shape index (κ3) is 4.15. The molecule has 0 unspecified atom stereocenters. The van der Waals surface area contributed by atoms with Gasteiger partial charge in [-0.3, -0.25) is 14.2 Å². The number of amides is 1. The molecule has 26 heavy (non-hydrogen) atoms. The fraction of sp³-hybridized carbons (Fsp3) is 0.111. The van der Waals surface area contributed by atoms with E-state index in [-0.39, 0.29) is 12.1 Å². The minimum atomic E-state index is -0.423. The number of nitrogens with one attached hydrogen (secondary N) is 1. The Kier molecular flexibility index (Phi) is 5.43. The molecule has 0 saturated carbocycles. The number of carbonyl (C=O) groups is 1. The molecule has 0 aliphatic rings. The molecule has 0 aliphatic heterocycles. The van der Waals surface area contributed by atoms with E-state index < -0.39 is 5.91 Å². The predicted molar refractivity (Wildman–Crippen MR) is 102 cm³/mol. The molecular formula is C18H15BrN4O3. The number of hydrogen-bond donors (Lipinski definition) is 1. The molecule has 0 bridgehead atoms. The molecule has 8 heteroatoms. The summed E-state index contributed by atoms with van der Waals surface area (Å²) in [5.41, 5.74) is 3.49. The Balaban J connectivity index is 1.68. The van der Waals surface area contributed by atoms with Gasteiger partial charge in [0.15, 0.2) is 0 Å². The van der Waals surface area contributed by atoms with Crippen LogP contribution in [0.4, 0.5) is 0 Å². The van der Waals surface area contributed by atoms with Crippen LogP contribution >= 0.6 is 15.9 Å². The van der Waals surface area contributed by atoms with Crippen molar-refractivity contribution in [3.63, 3.8) is 0 Å². The van der Waals surface area contributed by atoms with E-state index in [1.54, 1.807) is 37.4 Å². The second-order valence-corrected chi connectivity index (χ2v) is 6.32. The summed E-state index contributed by atoms with van der Waals surface area (Å²) in [6, 6.07) is 12.4. The monoisotopic (exact) mass is 414 g/mol. The van der Waals surface area contributed by atoms with Gasteiger partial charge in [-0.05, 0) is 48.0 Å². The Labute approximate surface area is 157 Å². The second kappa shape index (κ2) is 7.92. The van der Waals surface area contributed by atoms with E-state index in [1.165, 1.54) is 17.1 Å². The largest absolute Gasteiger partial charge is 0.497 e. The van der Waals surface area contributed by atoms with E-state index in [0.29, 0.717) is 10.9 Å². The molecule has 1 N–H and O–H groups in total. The minimum absolute atomic E-state index is 0.172. The van der Waals surface area contributed by atoms with Gasteiger partial charge >= 0.3 is 0 Å². The molecule has 1 heterocycles. The molecule has 0 spiro atoms. The molecule has 1 amide bonds. The van der Waals surface area contributed by atoms with Crippen molar-refractivity contribution < 1.29 is 9.53 Å². The third-order valence-corrected chi connectivity index (χ3v) is 4.11. The zero-order valence-corrected chi connectivity index (χ0v) is 15.4. The van der Waals surface area contributed by atoms with Crippen LogP contribution in [0, 0.1) is 0 Å². The highest BCUT2D eigenvalue weighted by atomic mass is 79.9. The number of aromatic nitrogens is 2. The topological polar surface area (TPSA) is 85.6 Å². The fourth-order valence-corrected chi connectivity index (χ4v) is 2.66. The Morgan fingerprint density at radius 2 is 2.08 bits per heavy atom. The van der Waals surface area contributed by atoms with Crippen LogP contribution in [0.5, 0.6) is 5.75 Å². The maximum absolute atomic E-state index is 12.4. The minimum Gasteiger partial charge on any atom is -0.497 e. The van der Waals surface area contributed by atoms with Gasteiger partial charge in [0, 0.05) is 4.47 Å². The summed E-state index contributed by atoms with van der Waals surface area (Å²) < 4.78 is 7.09. The molecule has 1 aromatic heterocycles. The van der Waals surface area contributed by atoms with Crippen LogP contribution in [0.1, 0.15) is 5.56 Å². The van der Waals surface area contributed by atoms with E-state index in [2.05, 4.69) is 31.4 Å². The highest BCUT2D eigenvalue weighted by Gasteiger charge is 2.08. The standard InChI is InChI=1S/C18H15BrN4O3/c1-26-14-5-2-12(3-6-14)9-21-22-17(24)10-23-11-20-16-7-4-13(19)8-15(16)18(23)25/h2-9,11H,10H2,1H3,(H,22,24)/b21-9+. The average molecular weight is 415 g/mol. The molecule has 3 rings (SSSR count). The zero-order chi connectivity index (χ0) is 18.5. The maximum atomic E-state index is 12.4. The summed E-state index contributed by atoms with van der Waals surface area (Å²) in [5.74, 6) is 0.314. The lowest BCUT2D eigenvalue weighted by atomic mass is 10.2. The smallest absolute Gasteiger partial charge is 0.261 e. The zero-order valence-electron chi connectivity index (χ0n) is 13.8. The molecular weight excluding hydrogens is 400 g/mol. The number of nitrogens with zero attached hydrogens (tertiary/aromatic N) is 3. The van der Waals surface area contributed by atoms with E-state index in [4.69, 9.17) is 4.74 Å². The summed E-state index contributed by atoms with van der Waals surface area (Å²) in [7, 11) is 1.59. The lowest BCUT2D eigenvalue weighted by Crippen LogP contribution is -2.30. The van der Waals surface area contributed by atoms with Crippen LogP contribution in [0.2, 0.25) is 0 Å². The third-order valence-electron chi connectivity index (χ3n) is 3.62. The number of rotatable bonds is 5. The van der Waals surface area contributed by atoms with Crippen molar-refractivity contribution >= 4 is 39.0 Å². The normalized spacial score (nSPS) is 11.0. The van der Waals surface area contributed by atoms with Crippen LogP contribution in [0.15, 0.2) is 63.2 Å². The number of hydrazone groups is 1. The van der Waals surface area contributed by atoms with Gasteiger partial charge in [0.05, 0.1) is 30.6 Å². The second-order valence-electron chi connectivity index (χ2n) is 5.41. The van der Waals surface area contributed by atoms with E-state index >= 15 is 0 Å². The fourth-order valence-electron chi connectivity index (χ4n) is 2.30. The molecule has 0 radical (unpaired) electrons. The maximum Gasteiger partial charge on any atom is 0.261 e. The highest BCUT2D eigenvalue weighted by Crippen LogP contribution is 2.14. The van der Waals surface area contributed by atoms with E-state index in [9.17, 15) is 9.59 Å². The van der Waals surface area contributed by atoms with Crippen LogP contribution < -0.4 is 15.7 Å². The quantitative estimate of drug-likeness (QED) is 0.512. The number of carbonyl (C=O) groups excluding carboxylic acids is 1. The first-order chi connectivity index (χ1) is 12.6. The number of halogens is 1. The Morgan fingerprint density at radius 3 is 2.81 bits per heavy atom. The van der Waals surface area contributed by atoms with Crippen molar-refractivity contribution in [2.45, 2.75) is 6.54 Å². The van der Waals surface area contributed by atoms with Crippen molar-refractivity contribution in [1.29, 1.82) is 0 Å². The molecule has 0 atom stereocenters. The van der Waals surface area contributed by atoms with Crippen molar-refractivity contribution in [1.82, 2.24) is 15.0 Å². The summed E-state index contributed by atoms with van der Waals surface area (Å²) in [4.78, 5) is 28.7. The Hall–Kier alpha value is -3.00. The molecule has 3 aromatic rings. The van der Waals surface area contributed by atoms with Gasteiger partial charge in [-0.25, -0.2) is 10.4 Å². The highest BCUT2D eigenvalue weighted by molar-refractivity contribution is 9.10. The molecule has 132 valence electrons. The summed E-state index contributed by atoms with van der Waals surface area (Å²) >= 11 is 3.33. The lowest BCUT2D eigenvalue weighted by molar-refractivity contribution is -0.121. The van der Waals surface area contributed by atoms with Crippen molar-refractivity contribution in [2.24, 2.45) is 5.10 Å². The van der Waals surface area contributed by atoms with Gasteiger partial charge in [0.25, 0.3) is 11.5 Å². The number of ether oxygens (including phenoxy) is 1. The molecule has 0 saturated heterocycles. The van der Waals surface area contributed by atoms with Gasteiger partial charge < -0.3 is 4.74 Å². The number of methoxy groups -OCH3 is 1. The molecule has 0 aliphatic carbocycles. The summed E-state index contributed by atoms with van der Waals surface area (Å²) in [6.45, 7) is -0.172. The molecule has 7 nitrogen and oxygen atoms in total. The van der Waals surface area contributed by atoms with Gasteiger partial charge in [0.1, 0.15) is 12.3 Å². The van der Waals surface area contributed by atoms with Gasteiger partial charge in [-0.1, -0.05) is 15.9 Å². The van der Waals surface area contributed by atoms with Crippen LogP contribution in [-0.4, -0.2) is 28.8 Å². The Morgan fingerprint density at radius 1 is 1.31 bits per heavy atom.